The lowest BCUT2D eigenvalue weighted by Gasteiger charge is -2.08. The van der Waals surface area contributed by atoms with Crippen LogP contribution in [0.3, 0.4) is 0 Å². The number of anilines is 1. The Morgan fingerprint density at radius 2 is 1.94 bits per heavy atom. The predicted octanol–water partition coefficient (Wildman–Crippen LogP) is 2.80. The first-order chi connectivity index (χ1) is 8.66. The molecule has 94 valence electrons. The summed E-state index contributed by atoms with van der Waals surface area (Å²) < 4.78 is 0. The number of benzene rings is 1. The molecule has 5 heteroatoms. The van der Waals surface area contributed by atoms with E-state index in [1.807, 2.05) is 19.1 Å². The van der Waals surface area contributed by atoms with E-state index in [9.17, 15) is 5.11 Å². The van der Waals surface area contributed by atoms with E-state index in [2.05, 4.69) is 15.3 Å². The first-order valence-corrected chi connectivity index (χ1v) is 6.03. The minimum atomic E-state index is 0.283. The second kappa shape index (κ2) is 5.69. The molecule has 1 aromatic carbocycles. The molecule has 0 radical (unpaired) electrons. The standard InChI is InChI=1S/C13H14ClN3O/c1-9-12(14)16-8-17-13(9)15-7-6-10-2-4-11(18)5-3-10/h2-5,8,18H,6-7H2,1H3,(H,15,16,17). The zero-order valence-electron chi connectivity index (χ0n) is 10.0. The highest BCUT2D eigenvalue weighted by Gasteiger charge is 2.03. The summed E-state index contributed by atoms with van der Waals surface area (Å²) in [4.78, 5) is 8.04. The van der Waals surface area contributed by atoms with Crippen LogP contribution < -0.4 is 5.32 Å². The highest BCUT2D eigenvalue weighted by atomic mass is 35.5. The summed E-state index contributed by atoms with van der Waals surface area (Å²) in [5, 5.41) is 12.9. The molecule has 1 aromatic heterocycles. The molecule has 0 unspecified atom stereocenters. The Morgan fingerprint density at radius 1 is 1.22 bits per heavy atom. The van der Waals surface area contributed by atoms with Crippen LogP contribution in [0.2, 0.25) is 5.15 Å². The van der Waals surface area contributed by atoms with Gasteiger partial charge in [-0.25, -0.2) is 9.97 Å². The van der Waals surface area contributed by atoms with Crippen molar-refractivity contribution in [1.29, 1.82) is 0 Å². The van der Waals surface area contributed by atoms with E-state index < -0.39 is 0 Å². The second-order valence-electron chi connectivity index (χ2n) is 3.98. The highest BCUT2D eigenvalue weighted by Crippen LogP contribution is 2.17. The number of phenols is 1. The van der Waals surface area contributed by atoms with Gasteiger partial charge in [0.15, 0.2) is 0 Å². The molecule has 2 rings (SSSR count). The fourth-order valence-electron chi connectivity index (χ4n) is 1.59. The van der Waals surface area contributed by atoms with Crippen molar-refractivity contribution in [2.75, 3.05) is 11.9 Å². The summed E-state index contributed by atoms with van der Waals surface area (Å²) in [6, 6.07) is 7.16. The molecule has 0 aliphatic heterocycles. The van der Waals surface area contributed by atoms with Gasteiger partial charge in [-0.3, -0.25) is 0 Å². The number of nitrogens with zero attached hydrogens (tertiary/aromatic N) is 2. The van der Waals surface area contributed by atoms with Crippen molar-refractivity contribution in [2.45, 2.75) is 13.3 Å². The minimum Gasteiger partial charge on any atom is -0.508 e. The number of aromatic nitrogens is 2. The van der Waals surface area contributed by atoms with Crippen molar-refractivity contribution in [1.82, 2.24) is 9.97 Å². The fraction of sp³-hybridized carbons (Fsp3) is 0.231. The topological polar surface area (TPSA) is 58.0 Å². The first kappa shape index (κ1) is 12.6. The molecule has 0 saturated carbocycles. The van der Waals surface area contributed by atoms with Gasteiger partial charge in [-0.05, 0) is 31.0 Å². The molecule has 0 atom stereocenters. The summed E-state index contributed by atoms with van der Waals surface area (Å²) in [5.74, 6) is 1.04. The molecule has 18 heavy (non-hydrogen) atoms. The van der Waals surface area contributed by atoms with Crippen LogP contribution in [0.15, 0.2) is 30.6 Å². The van der Waals surface area contributed by atoms with Crippen LogP contribution >= 0.6 is 11.6 Å². The van der Waals surface area contributed by atoms with Gasteiger partial charge in [-0.15, -0.1) is 0 Å². The summed E-state index contributed by atoms with van der Waals surface area (Å²) in [6.07, 6.45) is 2.29. The Labute approximate surface area is 111 Å². The van der Waals surface area contributed by atoms with E-state index in [-0.39, 0.29) is 5.75 Å². The summed E-state index contributed by atoms with van der Waals surface area (Å²) in [7, 11) is 0. The van der Waals surface area contributed by atoms with Crippen LogP contribution in [-0.4, -0.2) is 21.6 Å². The molecule has 0 aliphatic carbocycles. The molecule has 0 bridgehead atoms. The lowest BCUT2D eigenvalue weighted by Crippen LogP contribution is -2.08. The zero-order chi connectivity index (χ0) is 13.0. The summed E-state index contributed by atoms with van der Waals surface area (Å²) >= 11 is 5.91. The SMILES string of the molecule is Cc1c(Cl)ncnc1NCCc1ccc(O)cc1. The Kier molecular flexibility index (Phi) is 3.99. The van der Waals surface area contributed by atoms with Crippen molar-refractivity contribution in [3.63, 3.8) is 0 Å². The molecular formula is C13H14ClN3O. The van der Waals surface area contributed by atoms with Crippen molar-refractivity contribution < 1.29 is 5.11 Å². The monoisotopic (exact) mass is 263 g/mol. The average Bonchev–Trinajstić information content (AvgIpc) is 2.37. The highest BCUT2D eigenvalue weighted by molar-refractivity contribution is 6.30. The van der Waals surface area contributed by atoms with Gasteiger partial charge in [0.05, 0.1) is 0 Å². The van der Waals surface area contributed by atoms with Gasteiger partial charge in [0.1, 0.15) is 23.0 Å². The molecule has 0 aliphatic rings. The van der Waals surface area contributed by atoms with Crippen molar-refractivity contribution in [3.8, 4) is 5.75 Å². The van der Waals surface area contributed by atoms with E-state index in [1.54, 1.807) is 12.1 Å². The van der Waals surface area contributed by atoms with Gasteiger partial charge in [-0.2, -0.15) is 0 Å². The molecule has 0 fully saturated rings. The van der Waals surface area contributed by atoms with E-state index in [0.717, 1.165) is 29.9 Å². The molecular weight excluding hydrogens is 250 g/mol. The van der Waals surface area contributed by atoms with E-state index >= 15 is 0 Å². The third-order valence-electron chi connectivity index (χ3n) is 2.67. The van der Waals surface area contributed by atoms with Gasteiger partial charge >= 0.3 is 0 Å². The zero-order valence-corrected chi connectivity index (χ0v) is 10.8. The molecule has 0 saturated heterocycles. The predicted molar refractivity (Wildman–Crippen MR) is 72.1 cm³/mol. The van der Waals surface area contributed by atoms with Gasteiger partial charge in [0.2, 0.25) is 0 Å². The quantitative estimate of drug-likeness (QED) is 0.833. The second-order valence-corrected chi connectivity index (χ2v) is 4.34. The van der Waals surface area contributed by atoms with E-state index in [0.29, 0.717) is 5.15 Å². The van der Waals surface area contributed by atoms with Crippen LogP contribution in [-0.2, 0) is 6.42 Å². The number of nitrogens with one attached hydrogen (secondary N) is 1. The first-order valence-electron chi connectivity index (χ1n) is 5.65. The maximum atomic E-state index is 9.18. The number of aromatic hydroxyl groups is 1. The maximum Gasteiger partial charge on any atom is 0.137 e. The van der Waals surface area contributed by atoms with Crippen LogP contribution in [0.25, 0.3) is 0 Å². The lowest BCUT2D eigenvalue weighted by atomic mass is 10.1. The fourth-order valence-corrected chi connectivity index (χ4v) is 1.73. The van der Waals surface area contributed by atoms with Crippen molar-refractivity contribution in [2.24, 2.45) is 0 Å². The minimum absolute atomic E-state index is 0.283. The van der Waals surface area contributed by atoms with Gasteiger partial charge < -0.3 is 10.4 Å². The largest absolute Gasteiger partial charge is 0.508 e. The number of halogens is 1. The summed E-state index contributed by atoms with van der Waals surface area (Å²) in [6.45, 7) is 2.63. The number of hydrogen-bond acceptors (Lipinski definition) is 4. The molecule has 0 spiro atoms. The molecule has 0 amide bonds. The lowest BCUT2D eigenvalue weighted by molar-refractivity contribution is 0.475. The van der Waals surface area contributed by atoms with Crippen LogP contribution in [0.1, 0.15) is 11.1 Å². The summed E-state index contributed by atoms with van der Waals surface area (Å²) in [5.41, 5.74) is 2.00. The molecule has 1 heterocycles. The number of phenolic OH excluding ortho intramolecular Hbond substituents is 1. The average molecular weight is 264 g/mol. The molecule has 2 aromatic rings. The van der Waals surface area contributed by atoms with E-state index in [1.165, 1.54) is 6.33 Å². The number of rotatable bonds is 4. The van der Waals surface area contributed by atoms with Gasteiger partial charge in [-0.1, -0.05) is 23.7 Å². The Hall–Kier alpha value is -1.81. The molecule has 2 N–H and O–H groups in total. The Morgan fingerprint density at radius 3 is 2.67 bits per heavy atom. The maximum absolute atomic E-state index is 9.18. The van der Waals surface area contributed by atoms with Crippen molar-refractivity contribution in [3.05, 3.63) is 46.9 Å². The van der Waals surface area contributed by atoms with Gasteiger partial charge in [0.25, 0.3) is 0 Å². The Bertz CT molecular complexity index is 528. The van der Waals surface area contributed by atoms with E-state index in [4.69, 9.17) is 11.6 Å². The molecule has 4 nitrogen and oxygen atoms in total. The smallest absolute Gasteiger partial charge is 0.137 e. The van der Waals surface area contributed by atoms with Crippen LogP contribution in [0.4, 0.5) is 5.82 Å². The van der Waals surface area contributed by atoms with Crippen LogP contribution in [0, 0.1) is 6.92 Å². The third kappa shape index (κ3) is 3.11. The van der Waals surface area contributed by atoms with Gasteiger partial charge in [0, 0.05) is 12.1 Å². The normalized spacial score (nSPS) is 10.3. The number of hydrogen-bond donors (Lipinski definition) is 2. The third-order valence-corrected chi connectivity index (χ3v) is 3.05. The van der Waals surface area contributed by atoms with Crippen molar-refractivity contribution >= 4 is 17.4 Å². The Balaban J connectivity index is 1.92. The van der Waals surface area contributed by atoms with Crippen LogP contribution in [0.5, 0.6) is 5.75 Å².